The molecule has 5 aliphatic rings. The number of amides is 1. The molecule has 20 heavy (non-hydrogen) atoms. The Bertz CT molecular complexity index is 517. The van der Waals surface area contributed by atoms with Gasteiger partial charge in [-0.1, -0.05) is 0 Å². The van der Waals surface area contributed by atoms with E-state index >= 15 is 0 Å². The SMILES string of the molecule is CN1C(=O)C(O)=C(C#N)C1C1C2CC3CC(C2)CC1C3. The number of nitriles is 1. The van der Waals surface area contributed by atoms with Crippen LogP contribution < -0.4 is 0 Å². The highest BCUT2D eigenvalue weighted by Crippen LogP contribution is 2.59. The normalized spacial score (nSPS) is 46.2. The summed E-state index contributed by atoms with van der Waals surface area (Å²) in [5.74, 6) is 2.73. The van der Waals surface area contributed by atoms with Gasteiger partial charge < -0.3 is 10.0 Å². The molecule has 4 aliphatic carbocycles. The van der Waals surface area contributed by atoms with E-state index < -0.39 is 0 Å². The minimum absolute atomic E-state index is 0.178. The van der Waals surface area contributed by atoms with Gasteiger partial charge in [-0.05, 0) is 61.7 Å². The van der Waals surface area contributed by atoms with Gasteiger partial charge in [0.05, 0.1) is 11.6 Å². The quantitative estimate of drug-likeness (QED) is 0.796. The lowest BCUT2D eigenvalue weighted by molar-refractivity contribution is -0.131. The van der Waals surface area contributed by atoms with Gasteiger partial charge in [-0.15, -0.1) is 0 Å². The third kappa shape index (κ3) is 1.44. The standard InChI is InChI=1S/C16H20N2O2/c1-18-14(12(7-17)15(19)16(18)20)13-10-3-8-2-9(5-10)6-11(13)4-8/h8-11,13-14,19H,2-6H2,1H3. The summed E-state index contributed by atoms with van der Waals surface area (Å²) in [5, 5.41) is 19.3. The second-order valence-electron chi connectivity index (χ2n) is 7.24. The topological polar surface area (TPSA) is 64.3 Å². The van der Waals surface area contributed by atoms with Crippen LogP contribution in [0, 0.1) is 40.9 Å². The van der Waals surface area contributed by atoms with Crippen molar-refractivity contribution in [3.63, 3.8) is 0 Å². The summed E-state index contributed by atoms with van der Waals surface area (Å²) >= 11 is 0. The van der Waals surface area contributed by atoms with Crippen LogP contribution in [0.2, 0.25) is 0 Å². The maximum Gasteiger partial charge on any atom is 0.290 e. The maximum absolute atomic E-state index is 12.0. The van der Waals surface area contributed by atoms with Gasteiger partial charge in [0, 0.05) is 7.05 Å². The van der Waals surface area contributed by atoms with Crippen molar-refractivity contribution in [1.82, 2.24) is 4.90 Å². The summed E-state index contributed by atoms with van der Waals surface area (Å²) in [7, 11) is 1.73. The number of likely N-dealkylation sites (N-methyl/N-ethyl adjacent to an activating group) is 1. The molecular formula is C16H20N2O2. The molecule has 106 valence electrons. The van der Waals surface area contributed by atoms with Crippen molar-refractivity contribution < 1.29 is 9.90 Å². The minimum atomic E-state index is -0.375. The van der Waals surface area contributed by atoms with E-state index in [4.69, 9.17) is 0 Å². The molecule has 4 fully saturated rings. The third-order valence-corrected chi connectivity index (χ3v) is 6.28. The van der Waals surface area contributed by atoms with Gasteiger partial charge in [-0.2, -0.15) is 5.26 Å². The number of nitrogens with zero attached hydrogens (tertiary/aromatic N) is 2. The van der Waals surface area contributed by atoms with E-state index in [2.05, 4.69) is 6.07 Å². The molecule has 1 amide bonds. The lowest BCUT2D eigenvalue weighted by atomic mass is 9.50. The number of carbonyl (C=O) groups excluding carboxylic acids is 1. The van der Waals surface area contributed by atoms with E-state index in [9.17, 15) is 15.2 Å². The summed E-state index contributed by atoms with van der Waals surface area (Å²) in [6.45, 7) is 0. The maximum atomic E-state index is 12.0. The Morgan fingerprint density at radius 3 is 2.20 bits per heavy atom. The molecule has 0 aromatic carbocycles. The number of rotatable bonds is 1. The molecule has 4 nitrogen and oxygen atoms in total. The van der Waals surface area contributed by atoms with Crippen LogP contribution in [0.15, 0.2) is 11.3 Å². The molecule has 0 aromatic rings. The monoisotopic (exact) mass is 272 g/mol. The molecule has 1 N–H and O–H groups in total. The van der Waals surface area contributed by atoms with Gasteiger partial charge in [0.1, 0.15) is 6.07 Å². The Kier molecular flexibility index (Phi) is 2.45. The van der Waals surface area contributed by atoms with Crippen molar-refractivity contribution in [1.29, 1.82) is 5.26 Å². The van der Waals surface area contributed by atoms with E-state index in [1.165, 1.54) is 32.1 Å². The van der Waals surface area contributed by atoms with E-state index in [0.717, 1.165) is 11.8 Å². The molecule has 1 atom stereocenters. The number of carbonyl (C=O) groups is 1. The van der Waals surface area contributed by atoms with Gasteiger partial charge in [0.15, 0.2) is 5.76 Å². The molecule has 0 aromatic heterocycles. The zero-order chi connectivity index (χ0) is 14.0. The molecule has 0 spiro atoms. The summed E-state index contributed by atoms with van der Waals surface area (Å²) in [6.07, 6.45) is 6.43. The fourth-order valence-corrected chi connectivity index (χ4v) is 5.79. The zero-order valence-corrected chi connectivity index (χ0v) is 11.7. The zero-order valence-electron chi connectivity index (χ0n) is 11.7. The fourth-order valence-electron chi connectivity index (χ4n) is 5.79. The molecule has 1 aliphatic heterocycles. The highest BCUT2D eigenvalue weighted by molar-refractivity contribution is 5.96. The van der Waals surface area contributed by atoms with Crippen molar-refractivity contribution in [2.75, 3.05) is 7.05 Å². The van der Waals surface area contributed by atoms with Gasteiger partial charge >= 0.3 is 0 Å². The second kappa shape index (κ2) is 4.00. The molecule has 4 bridgehead atoms. The van der Waals surface area contributed by atoms with Crippen LogP contribution >= 0.6 is 0 Å². The molecule has 4 heteroatoms. The number of aliphatic hydroxyl groups excluding tert-OH is 1. The Morgan fingerprint density at radius 1 is 1.15 bits per heavy atom. The van der Waals surface area contributed by atoms with Gasteiger partial charge in [-0.25, -0.2) is 0 Å². The van der Waals surface area contributed by atoms with Crippen LogP contribution in [0.3, 0.4) is 0 Å². The van der Waals surface area contributed by atoms with Gasteiger partial charge in [-0.3, -0.25) is 4.79 Å². The Labute approximate surface area is 119 Å². The van der Waals surface area contributed by atoms with Crippen molar-refractivity contribution in [3.05, 3.63) is 11.3 Å². The molecule has 0 radical (unpaired) electrons. The fraction of sp³-hybridized carbons (Fsp3) is 0.750. The molecule has 1 unspecified atom stereocenters. The Balaban J connectivity index is 1.71. The Hall–Kier alpha value is -1.50. The van der Waals surface area contributed by atoms with Crippen molar-refractivity contribution in [2.24, 2.45) is 29.6 Å². The van der Waals surface area contributed by atoms with E-state index in [1.807, 2.05) is 0 Å². The molecule has 4 saturated carbocycles. The Morgan fingerprint density at radius 2 is 1.70 bits per heavy atom. The summed E-state index contributed by atoms with van der Waals surface area (Å²) < 4.78 is 0. The first kappa shape index (κ1) is 12.3. The van der Waals surface area contributed by atoms with Crippen LogP contribution in [0.5, 0.6) is 0 Å². The predicted octanol–water partition coefficient (Wildman–Crippen LogP) is 2.23. The first-order valence-electron chi connectivity index (χ1n) is 7.70. The van der Waals surface area contributed by atoms with E-state index in [-0.39, 0.29) is 17.7 Å². The van der Waals surface area contributed by atoms with Gasteiger partial charge in [0.2, 0.25) is 0 Å². The summed E-state index contributed by atoms with van der Waals surface area (Å²) in [4.78, 5) is 13.6. The van der Waals surface area contributed by atoms with E-state index in [0.29, 0.717) is 23.3 Å². The number of hydrogen-bond donors (Lipinski definition) is 1. The average Bonchev–Trinajstić information content (AvgIpc) is 2.62. The highest BCUT2D eigenvalue weighted by Gasteiger charge is 2.54. The van der Waals surface area contributed by atoms with E-state index in [1.54, 1.807) is 11.9 Å². The second-order valence-corrected chi connectivity index (χ2v) is 7.24. The van der Waals surface area contributed by atoms with Crippen LogP contribution in [0.4, 0.5) is 0 Å². The van der Waals surface area contributed by atoms with Crippen LogP contribution in [0.1, 0.15) is 32.1 Å². The molecule has 5 rings (SSSR count). The van der Waals surface area contributed by atoms with Crippen LogP contribution in [-0.4, -0.2) is 29.0 Å². The largest absolute Gasteiger partial charge is 0.502 e. The predicted molar refractivity (Wildman–Crippen MR) is 72.4 cm³/mol. The lowest BCUT2D eigenvalue weighted by Crippen LogP contribution is -2.53. The van der Waals surface area contributed by atoms with Crippen molar-refractivity contribution in [3.8, 4) is 6.07 Å². The average molecular weight is 272 g/mol. The summed E-state index contributed by atoms with van der Waals surface area (Å²) in [5.41, 5.74) is 0.315. The van der Waals surface area contributed by atoms with Crippen LogP contribution in [0.25, 0.3) is 0 Å². The first-order chi connectivity index (χ1) is 9.60. The molecular weight excluding hydrogens is 252 g/mol. The minimum Gasteiger partial charge on any atom is -0.502 e. The third-order valence-electron chi connectivity index (χ3n) is 6.28. The highest BCUT2D eigenvalue weighted by atomic mass is 16.3. The lowest BCUT2D eigenvalue weighted by Gasteiger charge is -2.56. The smallest absolute Gasteiger partial charge is 0.290 e. The summed E-state index contributed by atoms with van der Waals surface area (Å²) in [6, 6.07) is 1.92. The van der Waals surface area contributed by atoms with Gasteiger partial charge in [0.25, 0.3) is 5.91 Å². The number of aliphatic hydroxyl groups is 1. The molecule has 0 saturated heterocycles. The first-order valence-corrected chi connectivity index (χ1v) is 7.70. The van der Waals surface area contributed by atoms with Crippen molar-refractivity contribution >= 4 is 5.91 Å². The van der Waals surface area contributed by atoms with Crippen LogP contribution in [-0.2, 0) is 4.79 Å². The molecule has 1 heterocycles. The van der Waals surface area contributed by atoms with Crippen molar-refractivity contribution in [2.45, 2.75) is 38.1 Å². The number of hydrogen-bond acceptors (Lipinski definition) is 3.